The molecule has 0 aliphatic carbocycles. The molecule has 2 N–H and O–H groups in total. The zero-order valence-electron chi connectivity index (χ0n) is 18.9. The first-order chi connectivity index (χ1) is 13.9. The van der Waals surface area contributed by atoms with Crippen molar-refractivity contribution in [3.8, 4) is 17.2 Å². The van der Waals surface area contributed by atoms with Gasteiger partial charge in [-0.3, -0.25) is 4.90 Å². The molecule has 7 nitrogen and oxygen atoms in total. The number of piperidine rings is 1. The Balaban J connectivity index is 2.08. The van der Waals surface area contributed by atoms with Crippen LogP contribution in [0.3, 0.4) is 0 Å². The first-order valence-electron chi connectivity index (χ1n) is 10.5. The van der Waals surface area contributed by atoms with Crippen molar-refractivity contribution in [2.75, 3.05) is 47.5 Å². The summed E-state index contributed by atoms with van der Waals surface area (Å²) in [6.07, 6.45) is 3.93. The van der Waals surface area contributed by atoms with Crippen LogP contribution in [0, 0.1) is 0 Å². The number of nitrogens with one attached hydrogen (secondary N) is 2. The SMILES string of the molecule is CCNC(=NCc1cc(OC)c(OC)c(OC)c1)NCC(C)(C)N1CCCCC1. The fraction of sp³-hybridized carbons (Fsp3) is 0.682. The Morgan fingerprint density at radius 1 is 1.00 bits per heavy atom. The third kappa shape index (κ3) is 6.42. The highest BCUT2D eigenvalue weighted by molar-refractivity contribution is 5.79. The topological polar surface area (TPSA) is 67.4 Å². The van der Waals surface area contributed by atoms with Gasteiger partial charge < -0.3 is 24.8 Å². The van der Waals surface area contributed by atoms with Crippen LogP contribution in [0.15, 0.2) is 17.1 Å². The third-order valence-electron chi connectivity index (χ3n) is 5.39. The number of hydrogen-bond acceptors (Lipinski definition) is 5. The van der Waals surface area contributed by atoms with E-state index < -0.39 is 0 Å². The van der Waals surface area contributed by atoms with E-state index in [0.29, 0.717) is 23.8 Å². The van der Waals surface area contributed by atoms with Gasteiger partial charge in [0.05, 0.1) is 27.9 Å². The molecule has 2 rings (SSSR count). The lowest BCUT2D eigenvalue weighted by molar-refractivity contribution is 0.0982. The van der Waals surface area contributed by atoms with Crippen molar-refractivity contribution in [3.63, 3.8) is 0 Å². The minimum absolute atomic E-state index is 0.0865. The molecule has 1 saturated heterocycles. The lowest BCUT2D eigenvalue weighted by Crippen LogP contribution is -2.54. The van der Waals surface area contributed by atoms with Gasteiger partial charge in [-0.05, 0) is 64.4 Å². The zero-order chi connectivity index (χ0) is 21.3. The van der Waals surface area contributed by atoms with E-state index in [1.54, 1.807) is 21.3 Å². The number of aliphatic imine (C=N–C) groups is 1. The number of likely N-dealkylation sites (tertiary alicyclic amines) is 1. The molecule has 0 amide bonds. The molecule has 1 fully saturated rings. The molecule has 1 heterocycles. The summed E-state index contributed by atoms with van der Waals surface area (Å²) >= 11 is 0. The van der Waals surface area contributed by atoms with E-state index in [1.165, 1.54) is 32.4 Å². The Kier molecular flexibility index (Phi) is 8.89. The largest absolute Gasteiger partial charge is 0.493 e. The van der Waals surface area contributed by atoms with Crippen LogP contribution in [-0.4, -0.2) is 63.9 Å². The van der Waals surface area contributed by atoms with E-state index in [2.05, 4.69) is 36.3 Å². The smallest absolute Gasteiger partial charge is 0.203 e. The number of methoxy groups -OCH3 is 3. The van der Waals surface area contributed by atoms with E-state index >= 15 is 0 Å². The Bertz CT molecular complexity index is 645. The van der Waals surface area contributed by atoms with E-state index in [4.69, 9.17) is 19.2 Å². The van der Waals surface area contributed by atoms with Crippen molar-refractivity contribution in [3.05, 3.63) is 17.7 Å². The van der Waals surface area contributed by atoms with Crippen molar-refractivity contribution >= 4 is 5.96 Å². The number of hydrogen-bond donors (Lipinski definition) is 2. The molecule has 1 aliphatic heterocycles. The third-order valence-corrected chi connectivity index (χ3v) is 5.39. The highest BCUT2D eigenvalue weighted by Crippen LogP contribution is 2.38. The Hall–Kier alpha value is -2.15. The molecule has 1 aliphatic rings. The number of benzene rings is 1. The van der Waals surface area contributed by atoms with Crippen LogP contribution in [-0.2, 0) is 6.54 Å². The van der Waals surface area contributed by atoms with Crippen molar-refractivity contribution < 1.29 is 14.2 Å². The molecular formula is C22H38N4O3. The van der Waals surface area contributed by atoms with Crippen LogP contribution >= 0.6 is 0 Å². The Morgan fingerprint density at radius 2 is 1.62 bits per heavy atom. The van der Waals surface area contributed by atoms with Gasteiger partial charge in [-0.25, -0.2) is 4.99 Å². The highest BCUT2D eigenvalue weighted by atomic mass is 16.5. The average molecular weight is 407 g/mol. The highest BCUT2D eigenvalue weighted by Gasteiger charge is 2.27. The number of nitrogens with zero attached hydrogens (tertiary/aromatic N) is 2. The summed E-state index contributed by atoms with van der Waals surface area (Å²) in [6, 6.07) is 3.87. The molecule has 1 aromatic rings. The summed E-state index contributed by atoms with van der Waals surface area (Å²) in [6.45, 7) is 11.2. The van der Waals surface area contributed by atoms with Gasteiger partial charge in [-0.1, -0.05) is 6.42 Å². The number of guanidine groups is 1. The van der Waals surface area contributed by atoms with Crippen molar-refractivity contribution in [2.24, 2.45) is 4.99 Å². The minimum Gasteiger partial charge on any atom is -0.493 e. The maximum atomic E-state index is 5.44. The molecular weight excluding hydrogens is 368 g/mol. The van der Waals surface area contributed by atoms with Gasteiger partial charge in [-0.2, -0.15) is 0 Å². The Labute approximate surface area is 175 Å². The molecule has 7 heteroatoms. The summed E-state index contributed by atoms with van der Waals surface area (Å²) in [5, 5.41) is 6.86. The van der Waals surface area contributed by atoms with Gasteiger partial charge in [0.25, 0.3) is 0 Å². The van der Waals surface area contributed by atoms with Crippen LogP contribution in [0.1, 0.15) is 45.6 Å². The first kappa shape index (κ1) is 23.1. The molecule has 0 saturated carbocycles. The number of ether oxygens (including phenoxy) is 3. The van der Waals surface area contributed by atoms with Crippen molar-refractivity contribution in [1.29, 1.82) is 0 Å². The fourth-order valence-electron chi connectivity index (χ4n) is 3.65. The fourth-order valence-corrected chi connectivity index (χ4v) is 3.65. The predicted octanol–water partition coefficient (Wildman–Crippen LogP) is 3.03. The molecule has 0 aromatic heterocycles. The molecule has 1 aromatic carbocycles. The monoisotopic (exact) mass is 406 g/mol. The van der Waals surface area contributed by atoms with Gasteiger partial charge >= 0.3 is 0 Å². The molecule has 0 atom stereocenters. The second kappa shape index (κ2) is 11.1. The Morgan fingerprint density at radius 3 is 2.14 bits per heavy atom. The molecule has 0 unspecified atom stereocenters. The molecule has 0 bridgehead atoms. The van der Waals surface area contributed by atoms with E-state index in [9.17, 15) is 0 Å². The lowest BCUT2D eigenvalue weighted by Gasteiger charge is -2.41. The summed E-state index contributed by atoms with van der Waals surface area (Å²) < 4.78 is 16.3. The zero-order valence-corrected chi connectivity index (χ0v) is 18.9. The van der Waals surface area contributed by atoms with Crippen LogP contribution in [0.4, 0.5) is 0 Å². The second-order valence-electron chi connectivity index (χ2n) is 7.94. The molecule has 164 valence electrons. The van der Waals surface area contributed by atoms with Gasteiger partial charge in [0.15, 0.2) is 17.5 Å². The van der Waals surface area contributed by atoms with Crippen molar-refractivity contribution in [1.82, 2.24) is 15.5 Å². The van der Waals surface area contributed by atoms with Gasteiger partial charge in [0.1, 0.15) is 0 Å². The molecule has 0 spiro atoms. The van der Waals surface area contributed by atoms with E-state index in [1.807, 2.05) is 12.1 Å². The summed E-state index contributed by atoms with van der Waals surface area (Å²) in [7, 11) is 4.85. The summed E-state index contributed by atoms with van der Waals surface area (Å²) in [5.41, 5.74) is 1.08. The van der Waals surface area contributed by atoms with Gasteiger partial charge in [0, 0.05) is 18.6 Å². The van der Waals surface area contributed by atoms with Crippen LogP contribution < -0.4 is 24.8 Å². The first-order valence-corrected chi connectivity index (χ1v) is 10.5. The van der Waals surface area contributed by atoms with E-state index in [0.717, 1.165) is 24.6 Å². The second-order valence-corrected chi connectivity index (χ2v) is 7.94. The van der Waals surface area contributed by atoms with Gasteiger partial charge in [-0.15, -0.1) is 0 Å². The van der Waals surface area contributed by atoms with Crippen LogP contribution in [0.5, 0.6) is 17.2 Å². The maximum Gasteiger partial charge on any atom is 0.203 e. The summed E-state index contributed by atoms with van der Waals surface area (Å²) in [5.74, 6) is 2.69. The lowest BCUT2D eigenvalue weighted by atomic mass is 9.98. The average Bonchev–Trinajstić information content (AvgIpc) is 2.75. The van der Waals surface area contributed by atoms with Crippen molar-refractivity contribution in [2.45, 2.75) is 52.1 Å². The van der Waals surface area contributed by atoms with Crippen LogP contribution in [0.25, 0.3) is 0 Å². The maximum absolute atomic E-state index is 5.44. The minimum atomic E-state index is 0.0865. The predicted molar refractivity (Wildman–Crippen MR) is 118 cm³/mol. The number of rotatable bonds is 9. The van der Waals surface area contributed by atoms with Gasteiger partial charge in [0.2, 0.25) is 5.75 Å². The molecule has 29 heavy (non-hydrogen) atoms. The quantitative estimate of drug-likeness (QED) is 0.485. The summed E-state index contributed by atoms with van der Waals surface area (Å²) in [4.78, 5) is 7.34. The molecule has 0 radical (unpaired) electrons. The van der Waals surface area contributed by atoms with E-state index in [-0.39, 0.29) is 5.54 Å². The standard InChI is InChI=1S/C22H38N4O3/c1-7-23-21(25-16-22(2,3)26-11-9-8-10-12-26)24-15-17-13-18(27-4)20(29-6)19(14-17)28-5/h13-14H,7-12,15-16H2,1-6H3,(H2,23,24,25). The van der Waals surface area contributed by atoms with Crippen LogP contribution in [0.2, 0.25) is 0 Å². The normalized spacial score (nSPS) is 15.7.